The second-order valence-electron chi connectivity index (χ2n) is 7.25. The molecule has 0 spiro atoms. The SMILES string of the molecule is COC(=O)[C@H](Cc1ccccc1)N=C([Se])[C@H](NC(=O)OCc1ccccc1)c1ccccc1. The van der Waals surface area contributed by atoms with Gasteiger partial charge in [0.1, 0.15) is 0 Å². The first-order valence-corrected chi connectivity index (χ1v) is 11.3. The average molecular weight is 508 g/mol. The summed E-state index contributed by atoms with van der Waals surface area (Å²) in [5.74, 6) is -0.454. The first kappa shape index (κ1) is 24.2. The number of nitrogens with zero attached hydrogens (tertiary/aromatic N) is 1. The molecular formula is C26H25N2O4Se. The summed E-state index contributed by atoms with van der Waals surface area (Å²) in [6.07, 6.45) is -0.216. The van der Waals surface area contributed by atoms with Crippen LogP contribution < -0.4 is 5.32 Å². The first-order chi connectivity index (χ1) is 16.1. The molecule has 6 nitrogen and oxygen atoms in total. The molecule has 0 heterocycles. The van der Waals surface area contributed by atoms with Gasteiger partial charge in [0.15, 0.2) is 0 Å². The molecule has 0 unspecified atom stereocenters. The summed E-state index contributed by atoms with van der Waals surface area (Å²) in [5.41, 5.74) is 2.64. The fourth-order valence-corrected chi connectivity index (χ4v) is 3.88. The molecule has 0 fully saturated rings. The maximum atomic E-state index is 12.6. The van der Waals surface area contributed by atoms with E-state index in [0.717, 1.165) is 16.7 Å². The number of carbonyl (C=O) groups excluding carboxylic acids is 2. The zero-order valence-corrected chi connectivity index (χ0v) is 19.9. The van der Waals surface area contributed by atoms with Crippen molar-refractivity contribution in [2.24, 2.45) is 4.99 Å². The van der Waals surface area contributed by atoms with Gasteiger partial charge >= 0.3 is 202 Å². The number of hydrogen-bond acceptors (Lipinski definition) is 5. The van der Waals surface area contributed by atoms with Gasteiger partial charge in [0.05, 0.1) is 0 Å². The molecule has 3 aromatic rings. The van der Waals surface area contributed by atoms with E-state index in [1.807, 2.05) is 91.0 Å². The van der Waals surface area contributed by atoms with Crippen molar-refractivity contribution in [3.05, 3.63) is 108 Å². The second-order valence-corrected chi connectivity index (χ2v) is 8.12. The molecule has 1 amide bonds. The third kappa shape index (κ3) is 7.59. The molecule has 2 atom stereocenters. The third-order valence-corrected chi connectivity index (χ3v) is 5.60. The Labute approximate surface area is 201 Å². The fourth-order valence-electron chi connectivity index (χ4n) is 3.20. The van der Waals surface area contributed by atoms with Crippen LogP contribution >= 0.6 is 0 Å². The third-order valence-electron chi connectivity index (χ3n) is 4.88. The molecule has 1 N–H and O–H groups in total. The van der Waals surface area contributed by atoms with E-state index in [4.69, 9.17) is 9.47 Å². The van der Waals surface area contributed by atoms with Gasteiger partial charge in [-0.25, -0.2) is 0 Å². The van der Waals surface area contributed by atoms with Crippen LogP contribution in [0.3, 0.4) is 0 Å². The Morgan fingerprint density at radius 2 is 1.42 bits per heavy atom. The molecule has 169 valence electrons. The summed E-state index contributed by atoms with van der Waals surface area (Å²) in [4.78, 5) is 29.6. The molecule has 0 aromatic heterocycles. The number of esters is 1. The zero-order chi connectivity index (χ0) is 23.5. The minimum absolute atomic E-state index is 0.146. The van der Waals surface area contributed by atoms with Gasteiger partial charge in [0.25, 0.3) is 0 Å². The number of benzene rings is 3. The van der Waals surface area contributed by atoms with Crippen molar-refractivity contribution in [3.8, 4) is 0 Å². The van der Waals surface area contributed by atoms with E-state index in [1.165, 1.54) is 7.11 Å². The number of alkyl carbamates (subject to hydrolysis) is 1. The summed E-state index contributed by atoms with van der Waals surface area (Å²) in [6, 6.07) is 27.0. The summed E-state index contributed by atoms with van der Waals surface area (Å²) in [7, 11) is 1.34. The van der Waals surface area contributed by atoms with Crippen LogP contribution in [0.15, 0.2) is 96.0 Å². The van der Waals surface area contributed by atoms with Crippen LogP contribution in [0.1, 0.15) is 22.7 Å². The van der Waals surface area contributed by atoms with Gasteiger partial charge < -0.3 is 0 Å². The summed E-state index contributed by atoms with van der Waals surface area (Å²) >= 11 is 2.92. The predicted octanol–water partition coefficient (Wildman–Crippen LogP) is 4.01. The maximum absolute atomic E-state index is 12.6. The predicted molar refractivity (Wildman–Crippen MR) is 128 cm³/mol. The zero-order valence-electron chi connectivity index (χ0n) is 18.2. The summed E-state index contributed by atoms with van der Waals surface area (Å²) in [6.45, 7) is 0.146. The number of aliphatic imine (C=N–C) groups is 1. The Kier molecular flexibility index (Phi) is 9.24. The molecule has 3 rings (SSSR count). The number of carbonyl (C=O) groups is 2. The van der Waals surface area contributed by atoms with E-state index in [1.54, 1.807) is 0 Å². The standard InChI is InChI=1S/C26H25N2O4Se/c1-31-25(29)22(17-19-11-5-2-6-12-19)27-24(33)23(21-15-9-4-10-16-21)28-26(30)32-18-20-13-7-3-8-14-20/h2-16,22-23H,17-18H2,1H3,(H,28,30)/t22-,23+/m0/s1. The quantitative estimate of drug-likeness (QED) is 0.269. The number of ether oxygens (including phenoxy) is 2. The average Bonchev–Trinajstić information content (AvgIpc) is 2.86. The van der Waals surface area contributed by atoms with Crippen LogP contribution in [0.25, 0.3) is 0 Å². The van der Waals surface area contributed by atoms with Crippen LogP contribution in [0.5, 0.6) is 0 Å². The minimum atomic E-state index is -0.762. The number of methoxy groups -OCH3 is 1. The number of amides is 1. The van der Waals surface area contributed by atoms with Gasteiger partial charge in [0, 0.05) is 0 Å². The van der Waals surface area contributed by atoms with Crippen molar-refractivity contribution in [2.45, 2.75) is 25.1 Å². The van der Waals surface area contributed by atoms with Crippen molar-refractivity contribution in [3.63, 3.8) is 0 Å². The summed E-state index contributed by atoms with van der Waals surface area (Å²) in [5, 5.41) is 2.85. The molecule has 3 aromatic carbocycles. The van der Waals surface area contributed by atoms with Gasteiger partial charge in [-0.05, 0) is 0 Å². The molecule has 0 aliphatic heterocycles. The van der Waals surface area contributed by atoms with Crippen LogP contribution in [-0.2, 0) is 27.3 Å². The van der Waals surface area contributed by atoms with Crippen LogP contribution in [0.2, 0.25) is 0 Å². The van der Waals surface area contributed by atoms with Crippen LogP contribution in [0, 0.1) is 0 Å². The Bertz CT molecular complexity index is 1060. The monoisotopic (exact) mass is 509 g/mol. The van der Waals surface area contributed by atoms with E-state index in [2.05, 4.69) is 26.3 Å². The topological polar surface area (TPSA) is 77.0 Å². The Morgan fingerprint density at radius 3 is 2.00 bits per heavy atom. The van der Waals surface area contributed by atoms with Gasteiger partial charge in [-0.2, -0.15) is 0 Å². The Morgan fingerprint density at radius 1 is 0.879 bits per heavy atom. The van der Waals surface area contributed by atoms with Crippen molar-refractivity contribution in [1.29, 1.82) is 0 Å². The van der Waals surface area contributed by atoms with Gasteiger partial charge in [-0.15, -0.1) is 0 Å². The molecule has 1 radical (unpaired) electrons. The van der Waals surface area contributed by atoms with Crippen molar-refractivity contribution >= 4 is 32.7 Å². The number of hydrogen-bond donors (Lipinski definition) is 1. The van der Waals surface area contributed by atoms with Crippen LogP contribution in [-0.4, -0.2) is 45.8 Å². The van der Waals surface area contributed by atoms with Crippen molar-refractivity contribution < 1.29 is 19.1 Å². The summed E-state index contributed by atoms with van der Waals surface area (Å²) < 4.78 is 10.8. The van der Waals surface area contributed by atoms with Gasteiger partial charge in [-0.1, -0.05) is 0 Å². The van der Waals surface area contributed by atoms with Crippen molar-refractivity contribution in [1.82, 2.24) is 5.32 Å². The van der Waals surface area contributed by atoms with E-state index in [0.29, 0.717) is 11.0 Å². The Hall–Kier alpha value is -3.41. The van der Waals surface area contributed by atoms with E-state index in [9.17, 15) is 9.59 Å². The molecule has 7 heteroatoms. The molecule has 0 aliphatic carbocycles. The van der Waals surface area contributed by atoms with Gasteiger partial charge in [-0.3, -0.25) is 0 Å². The molecule has 33 heavy (non-hydrogen) atoms. The van der Waals surface area contributed by atoms with E-state index < -0.39 is 24.1 Å². The molecule has 0 saturated carbocycles. The first-order valence-electron chi connectivity index (χ1n) is 10.5. The van der Waals surface area contributed by atoms with Gasteiger partial charge in [0.2, 0.25) is 0 Å². The van der Waals surface area contributed by atoms with E-state index >= 15 is 0 Å². The Balaban J connectivity index is 1.80. The molecular weight excluding hydrogens is 483 g/mol. The molecule has 0 saturated heterocycles. The second kappa shape index (κ2) is 12.6. The molecule has 0 bridgehead atoms. The molecule has 0 aliphatic rings. The number of rotatable bonds is 9. The fraction of sp³-hybridized carbons (Fsp3) is 0.192. The van der Waals surface area contributed by atoms with Crippen LogP contribution in [0.4, 0.5) is 4.79 Å². The van der Waals surface area contributed by atoms with Crippen molar-refractivity contribution in [2.75, 3.05) is 7.11 Å². The number of nitrogens with one attached hydrogen (secondary N) is 1. The van der Waals surface area contributed by atoms with E-state index in [-0.39, 0.29) is 6.61 Å². The normalized spacial score (nSPS) is 12.9.